The zero-order valence-electron chi connectivity index (χ0n) is 35.6. The van der Waals surface area contributed by atoms with Gasteiger partial charge in [-0.2, -0.15) is 0 Å². The summed E-state index contributed by atoms with van der Waals surface area (Å²) in [6.07, 6.45) is 0.937. The highest BCUT2D eigenvalue weighted by Gasteiger charge is 2.58. The van der Waals surface area contributed by atoms with Gasteiger partial charge < -0.3 is 53.7 Å². The molecule has 4 fully saturated rings. The second kappa shape index (κ2) is 19.1. The fraction of sp³-hybridized carbons (Fsp3) is 0.884. The van der Waals surface area contributed by atoms with Crippen molar-refractivity contribution >= 4 is 17.7 Å². The third kappa shape index (κ3) is 9.49. The van der Waals surface area contributed by atoms with Gasteiger partial charge in [-0.1, -0.05) is 39.3 Å². The Morgan fingerprint density at radius 3 is 2.23 bits per heavy atom. The van der Waals surface area contributed by atoms with Gasteiger partial charge in [-0.05, 0) is 89.9 Å². The second-order valence-corrected chi connectivity index (χ2v) is 18.1. The van der Waals surface area contributed by atoms with Gasteiger partial charge in [0.05, 0.1) is 42.7 Å². The van der Waals surface area contributed by atoms with E-state index >= 15 is 0 Å². The summed E-state index contributed by atoms with van der Waals surface area (Å²) in [7, 11) is 4.65. The number of aliphatic hydroxyl groups excluding tert-OH is 3. The number of ketones is 1. The number of nitrogens with zero attached hydrogens (tertiary/aromatic N) is 1. The van der Waals surface area contributed by atoms with Crippen molar-refractivity contribution in [2.24, 2.45) is 29.6 Å². The first-order chi connectivity index (χ1) is 26.9. The molecule has 0 radical (unpaired) electrons. The first kappa shape index (κ1) is 46.1. The summed E-state index contributed by atoms with van der Waals surface area (Å²) in [6.45, 7) is 11.5. The smallest absolute Gasteiger partial charge is 0.329 e. The predicted octanol–water partition coefficient (Wildman–Crippen LogP) is 3.48. The monoisotopic (exact) mass is 809 g/mol. The maximum Gasteiger partial charge on any atom is 0.329 e. The third-order valence-corrected chi connectivity index (χ3v) is 14.2. The molecule has 4 aliphatic heterocycles. The largest absolute Gasteiger partial charge is 0.460 e. The van der Waals surface area contributed by atoms with Gasteiger partial charge >= 0.3 is 5.97 Å². The summed E-state index contributed by atoms with van der Waals surface area (Å²) in [5, 5.41) is 45.8. The van der Waals surface area contributed by atoms with E-state index < -0.39 is 102 Å². The summed E-state index contributed by atoms with van der Waals surface area (Å²) < 4.78 is 36.6. The Morgan fingerprint density at radius 1 is 0.912 bits per heavy atom. The van der Waals surface area contributed by atoms with Crippen LogP contribution in [0.5, 0.6) is 0 Å². The van der Waals surface area contributed by atoms with Gasteiger partial charge in [0.15, 0.2) is 0 Å². The lowest BCUT2D eigenvalue weighted by atomic mass is 9.74. The van der Waals surface area contributed by atoms with Crippen LogP contribution in [0.15, 0.2) is 11.6 Å². The number of fused-ring (bicyclic) bond motifs is 3. The normalized spacial score (nSPS) is 45.7. The van der Waals surface area contributed by atoms with Crippen molar-refractivity contribution in [1.29, 1.82) is 0 Å². The minimum absolute atomic E-state index is 0.0642. The van der Waals surface area contributed by atoms with Crippen LogP contribution in [-0.2, 0) is 42.8 Å². The summed E-state index contributed by atoms with van der Waals surface area (Å²) in [4.78, 5) is 43.9. The summed E-state index contributed by atoms with van der Waals surface area (Å²) in [5.41, 5.74) is -0.256. The molecule has 0 aromatic rings. The van der Waals surface area contributed by atoms with E-state index in [1.54, 1.807) is 35.2 Å². The average molecular weight is 810 g/mol. The number of allylic oxidation sites excluding steroid dienone is 1. The summed E-state index contributed by atoms with van der Waals surface area (Å²) >= 11 is 0. The fourth-order valence-corrected chi connectivity index (χ4v) is 10.5. The number of Topliss-reactive ketones (excluding diaryl/α,β-unsaturated/α-hetero) is 1. The number of cyclic esters (lactones) is 1. The Bertz CT molecular complexity index is 1430. The predicted molar refractivity (Wildman–Crippen MR) is 209 cm³/mol. The number of methoxy groups -OCH3 is 3. The van der Waals surface area contributed by atoms with Gasteiger partial charge in [0.25, 0.3) is 11.7 Å². The van der Waals surface area contributed by atoms with Gasteiger partial charge in [-0.15, -0.1) is 0 Å². The third-order valence-electron chi connectivity index (χ3n) is 14.2. The van der Waals surface area contributed by atoms with E-state index in [2.05, 4.69) is 13.0 Å². The molecule has 14 heteroatoms. The topological polar surface area (TPSA) is 191 Å². The zero-order valence-corrected chi connectivity index (χ0v) is 35.6. The molecule has 4 heterocycles. The van der Waals surface area contributed by atoms with Crippen LogP contribution in [0, 0.1) is 29.6 Å². The van der Waals surface area contributed by atoms with Gasteiger partial charge in [-0.25, -0.2) is 4.79 Å². The van der Waals surface area contributed by atoms with Crippen molar-refractivity contribution in [1.82, 2.24) is 4.90 Å². The highest BCUT2D eigenvalue weighted by molar-refractivity contribution is 6.39. The lowest BCUT2D eigenvalue weighted by Crippen LogP contribution is -2.64. The molecule has 0 aromatic carbocycles. The molecular weight excluding hydrogens is 738 g/mol. The number of rotatable bonds is 8. The SMILES string of the molecule is CC[C@@H]1/C=C(\C)C[C@H](C)C[C@H](OC)[C@H]2O[C@@](O)(C(=O)C(=O)N3CCCC[C@H]3C(=O)O[C@@H]1C[C@@H]1OC(C)(C(O)[C@@H]3CC[C@@H](O)[C@H](OC)C3)[C@@H](O)[C@@H]1C)[C@H](C)C[C@@H]2OC. The van der Waals surface area contributed by atoms with Crippen molar-refractivity contribution in [2.45, 2.75) is 185 Å². The van der Waals surface area contributed by atoms with Gasteiger partial charge in [0.2, 0.25) is 5.79 Å². The molecule has 3 saturated heterocycles. The number of carbonyl (C=O) groups excluding carboxylic acids is 3. The van der Waals surface area contributed by atoms with E-state index in [-0.39, 0.29) is 43.6 Å². The Hall–Kier alpha value is -2.01. The average Bonchev–Trinajstić information content (AvgIpc) is 3.42. The number of ether oxygens (including phenoxy) is 6. The van der Waals surface area contributed by atoms with E-state index in [0.717, 1.165) is 5.57 Å². The lowest BCUT2D eigenvalue weighted by molar-refractivity contribution is -0.302. The van der Waals surface area contributed by atoms with Crippen molar-refractivity contribution in [3.63, 3.8) is 0 Å². The molecule has 14 nitrogen and oxygen atoms in total. The van der Waals surface area contributed by atoms with Gasteiger partial charge in [-0.3, -0.25) is 9.59 Å². The van der Waals surface area contributed by atoms with Crippen LogP contribution in [0.4, 0.5) is 0 Å². The maximum atomic E-state index is 14.4. The first-order valence-electron chi connectivity index (χ1n) is 21.4. The number of hydrogen-bond acceptors (Lipinski definition) is 13. The van der Waals surface area contributed by atoms with E-state index in [1.165, 1.54) is 4.90 Å². The Morgan fingerprint density at radius 2 is 1.58 bits per heavy atom. The van der Waals surface area contributed by atoms with Gasteiger partial charge in [0.1, 0.15) is 23.9 Å². The number of amides is 1. The maximum absolute atomic E-state index is 14.4. The van der Waals surface area contributed by atoms with Crippen LogP contribution in [0.25, 0.3) is 0 Å². The van der Waals surface area contributed by atoms with E-state index in [0.29, 0.717) is 51.4 Å². The van der Waals surface area contributed by atoms with Crippen LogP contribution >= 0.6 is 0 Å². The Balaban J connectivity index is 1.48. The molecule has 1 amide bonds. The number of carbonyl (C=O) groups is 3. The molecule has 17 atom stereocenters. The summed E-state index contributed by atoms with van der Waals surface area (Å²) in [6, 6.07) is -1.07. The van der Waals surface area contributed by atoms with E-state index in [9.17, 15) is 34.8 Å². The molecule has 2 bridgehead atoms. The lowest BCUT2D eigenvalue weighted by Gasteiger charge is -2.47. The molecule has 326 valence electrons. The molecule has 5 aliphatic rings. The number of hydrogen-bond donors (Lipinski definition) is 4. The number of aliphatic hydroxyl groups is 4. The zero-order chi connectivity index (χ0) is 42.0. The van der Waals surface area contributed by atoms with Gasteiger partial charge in [0, 0.05) is 52.0 Å². The molecule has 0 aromatic heterocycles. The van der Waals surface area contributed by atoms with Crippen molar-refractivity contribution in [3.05, 3.63) is 11.6 Å². The molecule has 2 unspecified atom stereocenters. The fourth-order valence-electron chi connectivity index (χ4n) is 10.5. The van der Waals surface area contributed by atoms with Crippen LogP contribution in [0.2, 0.25) is 0 Å². The molecule has 57 heavy (non-hydrogen) atoms. The standard InChI is InChI=1S/C43H71NO13/c1-10-27-18-23(2)17-24(3)19-34(53-8)36-35(54-9)20-25(4)43(51,57-36)39(48)40(49)44-16-12-11-13-29(44)41(50)55-32(27)22-31-26(5)37(46)42(6,56-31)38(47)28-14-15-30(45)33(21-28)52-7/h18,24-38,45-47,51H,10-17,19-22H2,1-9H3/b23-18+/t24-,25+,26+,27+,28+,29-,30+,31-,32+,33+,34-,35-,36+,37-,38?,42?,43+/m0/s1. The molecule has 4 N–H and O–H groups in total. The number of esters is 1. The molecule has 5 rings (SSSR count). The van der Waals surface area contributed by atoms with E-state index in [1.807, 2.05) is 20.8 Å². The molecule has 1 aliphatic carbocycles. The molecule has 0 spiro atoms. The van der Waals surface area contributed by atoms with Crippen LogP contribution in [0.3, 0.4) is 0 Å². The molecule has 1 saturated carbocycles. The second-order valence-electron chi connectivity index (χ2n) is 18.1. The van der Waals surface area contributed by atoms with Crippen molar-refractivity contribution in [2.75, 3.05) is 27.9 Å². The van der Waals surface area contributed by atoms with Crippen LogP contribution < -0.4 is 0 Å². The van der Waals surface area contributed by atoms with Crippen LogP contribution in [-0.4, -0.2) is 143 Å². The van der Waals surface area contributed by atoms with Crippen molar-refractivity contribution < 1.29 is 63.2 Å². The summed E-state index contributed by atoms with van der Waals surface area (Å²) in [5.74, 6) is -6.94. The molecular formula is C43H71NO13. The van der Waals surface area contributed by atoms with Crippen molar-refractivity contribution in [3.8, 4) is 0 Å². The highest BCUT2D eigenvalue weighted by Crippen LogP contribution is 2.45. The highest BCUT2D eigenvalue weighted by atomic mass is 16.7. The minimum Gasteiger partial charge on any atom is -0.460 e. The Kier molecular flexibility index (Phi) is 15.5. The first-order valence-corrected chi connectivity index (χ1v) is 21.4. The number of piperidine rings is 1. The van der Waals surface area contributed by atoms with E-state index in [4.69, 9.17) is 28.4 Å². The Labute approximate surface area is 338 Å². The minimum atomic E-state index is -2.46. The quantitative estimate of drug-likeness (QED) is 0.159. The van der Waals surface area contributed by atoms with Crippen LogP contribution in [0.1, 0.15) is 112 Å².